The Hall–Kier alpha value is -3.18. The fourth-order valence-corrected chi connectivity index (χ4v) is 5.48. The number of fused-ring (bicyclic) bond motifs is 1. The van der Waals surface area contributed by atoms with Crippen LogP contribution in [0, 0.1) is 28.6 Å². The first kappa shape index (κ1) is 29.4. The van der Waals surface area contributed by atoms with E-state index in [2.05, 4.69) is 16.0 Å². The van der Waals surface area contributed by atoms with Crippen molar-refractivity contribution >= 4 is 35.5 Å². The highest BCUT2D eigenvalue weighted by atomic mass is 16.4. The van der Waals surface area contributed by atoms with Crippen molar-refractivity contribution in [3.8, 4) is 0 Å². The molecule has 5 atom stereocenters. The summed E-state index contributed by atoms with van der Waals surface area (Å²) in [6.07, 6.45) is 2.13. The van der Waals surface area contributed by atoms with E-state index in [4.69, 9.17) is 5.73 Å². The van der Waals surface area contributed by atoms with Crippen molar-refractivity contribution in [1.82, 2.24) is 20.9 Å². The maximum absolute atomic E-state index is 13.9. The third kappa shape index (κ3) is 5.94. The average Bonchev–Trinajstić information content (AvgIpc) is 3.62. The minimum Gasteiger partial charge on any atom is -0.480 e. The van der Waals surface area contributed by atoms with Gasteiger partial charge in [-0.05, 0) is 48.9 Å². The van der Waals surface area contributed by atoms with E-state index in [1.54, 1.807) is 20.8 Å². The molecule has 0 spiro atoms. The number of nitrogens with one attached hydrogen (secondary N) is 3. The zero-order valence-electron chi connectivity index (χ0n) is 23.2. The molecule has 0 bridgehead atoms. The molecule has 1 unspecified atom stereocenters. The number of Topliss-reactive ketones (excluding diaryl/α,β-unsaturated/α-hetero) is 1. The summed E-state index contributed by atoms with van der Waals surface area (Å²) in [6.45, 7) is 12.2. The molecule has 3 aliphatic rings. The lowest BCUT2D eigenvalue weighted by atomic mass is 9.85. The van der Waals surface area contributed by atoms with Crippen LogP contribution in [0.4, 0.5) is 4.79 Å². The van der Waals surface area contributed by atoms with Gasteiger partial charge < -0.3 is 31.7 Å². The van der Waals surface area contributed by atoms with Crippen molar-refractivity contribution < 1.29 is 33.9 Å². The molecule has 3 rings (SSSR count). The lowest BCUT2D eigenvalue weighted by molar-refractivity contribution is -0.145. The highest BCUT2D eigenvalue weighted by molar-refractivity contribution is 6.37. The molecule has 38 heavy (non-hydrogen) atoms. The Labute approximate surface area is 222 Å². The van der Waals surface area contributed by atoms with Gasteiger partial charge in [-0.1, -0.05) is 47.5 Å². The Morgan fingerprint density at radius 1 is 1.03 bits per heavy atom. The molecule has 212 valence electrons. The van der Waals surface area contributed by atoms with E-state index < -0.39 is 64.6 Å². The maximum Gasteiger partial charge on any atom is 0.328 e. The predicted molar refractivity (Wildman–Crippen MR) is 136 cm³/mol. The zero-order valence-corrected chi connectivity index (χ0v) is 23.2. The van der Waals surface area contributed by atoms with Gasteiger partial charge in [0.05, 0.1) is 6.04 Å². The fraction of sp³-hybridized carbons (Fsp3) is 0.769. The summed E-state index contributed by atoms with van der Waals surface area (Å²) in [5.74, 6) is -4.10. The first-order chi connectivity index (χ1) is 17.3. The van der Waals surface area contributed by atoms with E-state index in [0.29, 0.717) is 13.0 Å². The first-order valence-corrected chi connectivity index (χ1v) is 13.1. The van der Waals surface area contributed by atoms with Crippen LogP contribution in [-0.4, -0.2) is 75.7 Å². The van der Waals surface area contributed by atoms with Crippen LogP contribution in [-0.2, 0) is 24.0 Å². The number of likely N-dealkylation sites (tertiary alicyclic amines) is 1. The van der Waals surface area contributed by atoms with Crippen LogP contribution in [0.2, 0.25) is 0 Å². The van der Waals surface area contributed by atoms with E-state index >= 15 is 0 Å². The van der Waals surface area contributed by atoms with E-state index in [1.807, 2.05) is 13.8 Å². The van der Waals surface area contributed by atoms with Gasteiger partial charge in [-0.3, -0.25) is 19.2 Å². The number of carboxylic acids is 1. The number of urea groups is 1. The molecular weight excluding hydrogens is 494 g/mol. The fourth-order valence-electron chi connectivity index (χ4n) is 5.48. The van der Waals surface area contributed by atoms with Crippen LogP contribution >= 0.6 is 0 Å². The van der Waals surface area contributed by atoms with Crippen LogP contribution in [0.3, 0.4) is 0 Å². The summed E-state index contributed by atoms with van der Waals surface area (Å²) in [7, 11) is 0. The molecule has 12 heteroatoms. The van der Waals surface area contributed by atoms with Gasteiger partial charge in [-0.2, -0.15) is 0 Å². The molecule has 0 aromatic heterocycles. The monoisotopic (exact) mass is 535 g/mol. The number of carboxylic acid groups (broad SMARTS) is 1. The van der Waals surface area contributed by atoms with Gasteiger partial charge in [0.2, 0.25) is 17.6 Å². The Kier molecular flexibility index (Phi) is 7.61. The van der Waals surface area contributed by atoms with Gasteiger partial charge in [0, 0.05) is 6.54 Å². The van der Waals surface area contributed by atoms with Gasteiger partial charge in [0.15, 0.2) is 0 Å². The number of primary amides is 1. The Bertz CT molecular complexity index is 1040. The molecule has 12 nitrogen and oxygen atoms in total. The Morgan fingerprint density at radius 3 is 2.08 bits per heavy atom. The number of carbonyl (C=O) groups is 6. The SMILES string of the molecule is CC(C)(NC(=O)N[C@H](C(=O)N1C[C@H]2[C@@H]([C@H]1C(=O)NC(CC1CC1)C(=O)C(N)=O)C2(C)C)C(C)(C)C)C(=O)O. The van der Waals surface area contributed by atoms with Crippen molar-refractivity contribution in [2.45, 2.75) is 91.4 Å². The summed E-state index contributed by atoms with van der Waals surface area (Å²) >= 11 is 0. The van der Waals surface area contributed by atoms with Crippen LogP contribution in [0.25, 0.3) is 0 Å². The quantitative estimate of drug-likeness (QED) is 0.250. The lowest BCUT2D eigenvalue weighted by Crippen LogP contribution is -2.63. The van der Waals surface area contributed by atoms with Crippen LogP contribution < -0.4 is 21.7 Å². The topological polar surface area (TPSA) is 188 Å². The summed E-state index contributed by atoms with van der Waals surface area (Å²) in [4.78, 5) is 77.1. The van der Waals surface area contributed by atoms with Gasteiger partial charge in [-0.25, -0.2) is 9.59 Å². The molecule has 3 fully saturated rings. The standard InChI is InChI=1S/C26H41N5O7/c1-24(2,3)18(29-23(38)30-26(6,7)22(36)37)21(35)31-11-13-15(25(13,4)5)16(31)20(34)28-14(10-12-8-9-12)17(32)19(27)33/h12-16,18H,8-11H2,1-7H3,(H2,27,33)(H,28,34)(H,36,37)(H2,29,30,38)/t13-,14?,15-,16-,18+/m0/s1. The largest absolute Gasteiger partial charge is 0.480 e. The highest BCUT2D eigenvalue weighted by Crippen LogP contribution is 2.65. The second-order valence-electron chi connectivity index (χ2n) is 13.2. The van der Waals surface area contributed by atoms with Crippen molar-refractivity contribution in [3.05, 3.63) is 0 Å². The number of hydrogen-bond acceptors (Lipinski definition) is 6. The molecule has 0 aromatic carbocycles. The number of hydrogen-bond donors (Lipinski definition) is 5. The van der Waals surface area contributed by atoms with E-state index in [9.17, 15) is 33.9 Å². The molecule has 0 radical (unpaired) electrons. The van der Waals surface area contributed by atoms with E-state index in [-0.39, 0.29) is 23.2 Å². The molecule has 1 saturated heterocycles. The minimum atomic E-state index is -1.57. The minimum absolute atomic E-state index is 0.0521. The van der Waals surface area contributed by atoms with Crippen LogP contribution in [0.1, 0.15) is 67.7 Å². The van der Waals surface area contributed by atoms with Crippen molar-refractivity contribution in [2.24, 2.45) is 34.3 Å². The number of piperidine rings is 1. The summed E-state index contributed by atoms with van der Waals surface area (Å²) in [5, 5.41) is 17.0. The van der Waals surface area contributed by atoms with Gasteiger partial charge in [-0.15, -0.1) is 0 Å². The molecule has 2 saturated carbocycles. The number of ketones is 1. The molecular formula is C26H41N5O7. The maximum atomic E-state index is 13.9. The van der Waals surface area contributed by atoms with Crippen molar-refractivity contribution in [2.75, 3.05) is 6.54 Å². The molecule has 2 aliphatic carbocycles. The van der Waals surface area contributed by atoms with E-state index in [0.717, 1.165) is 12.8 Å². The summed E-state index contributed by atoms with van der Waals surface area (Å²) < 4.78 is 0. The number of aliphatic carboxylic acids is 1. The third-order valence-electron chi connectivity index (χ3n) is 8.25. The van der Waals surface area contributed by atoms with Crippen LogP contribution in [0.5, 0.6) is 0 Å². The number of amides is 5. The second-order valence-corrected chi connectivity index (χ2v) is 13.2. The lowest BCUT2D eigenvalue weighted by Gasteiger charge is -2.38. The molecule has 6 N–H and O–H groups in total. The predicted octanol–water partition coefficient (Wildman–Crippen LogP) is 0.386. The Balaban J connectivity index is 1.83. The normalized spacial score (nSPS) is 25.4. The second kappa shape index (κ2) is 9.85. The number of nitrogens with zero attached hydrogens (tertiary/aromatic N) is 1. The number of carbonyl (C=O) groups excluding carboxylic acids is 5. The number of rotatable bonds is 10. The van der Waals surface area contributed by atoms with Gasteiger partial charge in [0.1, 0.15) is 17.6 Å². The smallest absolute Gasteiger partial charge is 0.328 e. The molecule has 1 aliphatic heterocycles. The van der Waals surface area contributed by atoms with Gasteiger partial charge in [0.25, 0.3) is 5.91 Å². The van der Waals surface area contributed by atoms with Crippen LogP contribution in [0.15, 0.2) is 0 Å². The number of nitrogens with two attached hydrogens (primary N) is 1. The zero-order chi connectivity index (χ0) is 29.0. The summed E-state index contributed by atoms with van der Waals surface area (Å²) in [6, 6.07) is -3.84. The van der Waals surface area contributed by atoms with Gasteiger partial charge >= 0.3 is 12.0 Å². The Morgan fingerprint density at radius 2 is 1.61 bits per heavy atom. The third-order valence-corrected chi connectivity index (χ3v) is 8.25. The molecule has 5 amide bonds. The average molecular weight is 536 g/mol. The van der Waals surface area contributed by atoms with Crippen molar-refractivity contribution in [1.29, 1.82) is 0 Å². The van der Waals surface area contributed by atoms with Crippen molar-refractivity contribution in [3.63, 3.8) is 0 Å². The molecule has 0 aromatic rings. The van der Waals surface area contributed by atoms with E-state index in [1.165, 1.54) is 18.7 Å². The highest BCUT2D eigenvalue weighted by Gasteiger charge is 2.70. The molecule has 1 heterocycles. The first-order valence-electron chi connectivity index (χ1n) is 13.1. The summed E-state index contributed by atoms with van der Waals surface area (Å²) in [5.41, 5.74) is 2.68.